The Morgan fingerprint density at radius 2 is 2.00 bits per heavy atom. The second-order valence-electron chi connectivity index (χ2n) is 4.17. The van der Waals surface area contributed by atoms with Crippen LogP contribution in [0.3, 0.4) is 0 Å². The molecule has 1 aliphatic heterocycles. The predicted octanol–water partition coefficient (Wildman–Crippen LogP) is 3.56. The van der Waals surface area contributed by atoms with Crippen molar-refractivity contribution in [1.82, 2.24) is 0 Å². The van der Waals surface area contributed by atoms with Gasteiger partial charge in [-0.3, -0.25) is 0 Å². The van der Waals surface area contributed by atoms with Crippen molar-refractivity contribution in [1.29, 1.82) is 0 Å². The van der Waals surface area contributed by atoms with Gasteiger partial charge in [0.25, 0.3) is 0 Å². The molecule has 76 valence electrons. The number of ether oxygens (including phenoxy) is 1. The SMILES string of the molecule is CC1(CCc2ccc(Br)cc2)CCO1. The van der Waals surface area contributed by atoms with Crippen molar-refractivity contribution in [2.24, 2.45) is 0 Å². The molecule has 14 heavy (non-hydrogen) atoms. The van der Waals surface area contributed by atoms with Crippen LogP contribution in [0.15, 0.2) is 28.7 Å². The fourth-order valence-electron chi connectivity index (χ4n) is 1.71. The second-order valence-corrected chi connectivity index (χ2v) is 5.09. The van der Waals surface area contributed by atoms with Crippen LogP contribution >= 0.6 is 15.9 Å². The largest absolute Gasteiger partial charge is 0.375 e. The average molecular weight is 255 g/mol. The summed E-state index contributed by atoms with van der Waals surface area (Å²) in [5.74, 6) is 0. The van der Waals surface area contributed by atoms with E-state index in [9.17, 15) is 0 Å². The topological polar surface area (TPSA) is 9.23 Å². The first-order chi connectivity index (χ1) is 6.68. The van der Waals surface area contributed by atoms with Crippen molar-refractivity contribution >= 4 is 15.9 Å². The van der Waals surface area contributed by atoms with Crippen LogP contribution < -0.4 is 0 Å². The third-order valence-corrected chi connectivity index (χ3v) is 3.47. The Hall–Kier alpha value is -0.340. The molecule has 0 N–H and O–H groups in total. The van der Waals surface area contributed by atoms with E-state index in [1.54, 1.807) is 0 Å². The second kappa shape index (κ2) is 4.03. The number of hydrogen-bond acceptors (Lipinski definition) is 1. The van der Waals surface area contributed by atoms with Crippen molar-refractivity contribution in [3.05, 3.63) is 34.3 Å². The summed E-state index contributed by atoms with van der Waals surface area (Å²) in [5.41, 5.74) is 1.55. The van der Waals surface area contributed by atoms with E-state index >= 15 is 0 Å². The molecule has 1 nitrogen and oxygen atoms in total. The molecule has 2 heteroatoms. The van der Waals surface area contributed by atoms with Crippen molar-refractivity contribution in [3.63, 3.8) is 0 Å². The summed E-state index contributed by atoms with van der Waals surface area (Å²) in [4.78, 5) is 0. The molecule has 2 rings (SSSR count). The van der Waals surface area contributed by atoms with Crippen LogP contribution in [0.25, 0.3) is 0 Å². The molecule has 0 aromatic heterocycles. The molecule has 0 bridgehead atoms. The summed E-state index contributed by atoms with van der Waals surface area (Å²) in [7, 11) is 0. The van der Waals surface area contributed by atoms with Gasteiger partial charge < -0.3 is 4.74 Å². The zero-order valence-electron chi connectivity index (χ0n) is 8.42. The molecular formula is C12H15BrO. The number of rotatable bonds is 3. The summed E-state index contributed by atoms with van der Waals surface area (Å²) < 4.78 is 6.70. The van der Waals surface area contributed by atoms with Crippen LogP contribution in [0.1, 0.15) is 25.3 Å². The molecule has 0 aliphatic carbocycles. The van der Waals surface area contributed by atoms with E-state index in [-0.39, 0.29) is 5.60 Å². The van der Waals surface area contributed by atoms with Crippen LogP contribution in [0, 0.1) is 0 Å². The van der Waals surface area contributed by atoms with E-state index in [0.29, 0.717) is 0 Å². The minimum Gasteiger partial charge on any atom is -0.375 e. The van der Waals surface area contributed by atoms with Gasteiger partial charge in [0.2, 0.25) is 0 Å². The first-order valence-electron chi connectivity index (χ1n) is 5.06. The van der Waals surface area contributed by atoms with Crippen molar-refractivity contribution < 1.29 is 4.74 Å². The molecule has 1 aromatic rings. The molecule has 0 radical (unpaired) electrons. The standard InChI is InChI=1S/C12H15BrO/c1-12(8-9-14-12)7-6-10-2-4-11(13)5-3-10/h2-5H,6-9H2,1H3. The Labute approximate surface area is 93.6 Å². The molecule has 1 unspecified atom stereocenters. The summed E-state index contributed by atoms with van der Waals surface area (Å²) in [6, 6.07) is 8.54. The quantitative estimate of drug-likeness (QED) is 0.802. The lowest BCUT2D eigenvalue weighted by atomic mass is 9.90. The first-order valence-corrected chi connectivity index (χ1v) is 5.86. The van der Waals surface area contributed by atoms with Crippen molar-refractivity contribution in [2.75, 3.05) is 6.61 Å². The first kappa shape index (κ1) is 10.2. The number of benzene rings is 1. The van der Waals surface area contributed by atoms with Gasteiger partial charge in [-0.25, -0.2) is 0 Å². The van der Waals surface area contributed by atoms with Gasteiger partial charge in [0.05, 0.1) is 12.2 Å². The maximum Gasteiger partial charge on any atom is 0.0679 e. The maximum atomic E-state index is 5.55. The van der Waals surface area contributed by atoms with Gasteiger partial charge in [-0.1, -0.05) is 28.1 Å². The Morgan fingerprint density at radius 3 is 2.50 bits per heavy atom. The Bertz CT molecular complexity index is 301. The third kappa shape index (κ3) is 2.37. The normalized spacial score (nSPS) is 25.9. The highest BCUT2D eigenvalue weighted by molar-refractivity contribution is 9.10. The van der Waals surface area contributed by atoms with Gasteiger partial charge >= 0.3 is 0 Å². The molecule has 0 amide bonds. The van der Waals surface area contributed by atoms with E-state index in [1.165, 1.54) is 12.0 Å². The summed E-state index contributed by atoms with van der Waals surface area (Å²) in [6.07, 6.45) is 3.46. The number of hydrogen-bond donors (Lipinski definition) is 0. The molecule has 1 atom stereocenters. The van der Waals surface area contributed by atoms with Crippen molar-refractivity contribution in [3.8, 4) is 0 Å². The minimum absolute atomic E-state index is 0.160. The summed E-state index contributed by atoms with van der Waals surface area (Å²) in [5, 5.41) is 0. The zero-order valence-corrected chi connectivity index (χ0v) is 10.0. The summed E-state index contributed by atoms with van der Waals surface area (Å²) >= 11 is 3.44. The van der Waals surface area contributed by atoms with Crippen LogP contribution in [-0.2, 0) is 11.2 Å². The monoisotopic (exact) mass is 254 g/mol. The lowest BCUT2D eigenvalue weighted by molar-refractivity contribution is -0.137. The summed E-state index contributed by atoms with van der Waals surface area (Å²) in [6.45, 7) is 3.15. The maximum absolute atomic E-state index is 5.55. The Kier molecular flexibility index (Phi) is 2.93. The molecule has 0 spiro atoms. The third-order valence-electron chi connectivity index (χ3n) is 2.94. The minimum atomic E-state index is 0.160. The average Bonchev–Trinajstić information content (AvgIpc) is 2.14. The molecule has 1 aromatic carbocycles. The van der Waals surface area contributed by atoms with Crippen molar-refractivity contribution in [2.45, 2.75) is 31.8 Å². The van der Waals surface area contributed by atoms with Gasteiger partial charge in [0.15, 0.2) is 0 Å². The highest BCUT2D eigenvalue weighted by Gasteiger charge is 2.32. The van der Waals surface area contributed by atoms with Crippen LogP contribution in [-0.4, -0.2) is 12.2 Å². The van der Waals surface area contributed by atoms with E-state index < -0.39 is 0 Å². The van der Waals surface area contributed by atoms with Crippen LogP contribution in [0.2, 0.25) is 0 Å². The molecular weight excluding hydrogens is 240 g/mol. The molecule has 1 saturated heterocycles. The Morgan fingerprint density at radius 1 is 1.36 bits per heavy atom. The van der Waals surface area contributed by atoms with Gasteiger partial charge in [0, 0.05) is 4.47 Å². The molecule has 1 fully saturated rings. The fraction of sp³-hybridized carbons (Fsp3) is 0.500. The van der Waals surface area contributed by atoms with E-state index in [2.05, 4.69) is 47.1 Å². The van der Waals surface area contributed by atoms with Gasteiger partial charge in [0.1, 0.15) is 0 Å². The van der Waals surface area contributed by atoms with Gasteiger partial charge in [-0.05, 0) is 43.9 Å². The molecule has 1 aliphatic rings. The lowest BCUT2D eigenvalue weighted by Gasteiger charge is -2.38. The van der Waals surface area contributed by atoms with Gasteiger partial charge in [-0.2, -0.15) is 0 Å². The van der Waals surface area contributed by atoms with E-state index in [1.807, 2.05) is 0 Å². The van der Waals surface area contributed by atoms with E-state index in [4.69, 9.17) is 4.74 Å². The van der Waals surface area contributed by atoms with E-state index in [0.717, 1.165) is 23.9 Å². The lowest BCUT2D eigenvalue weighted by Crippen LogP contribution is -2.40. The predicted molar refractivity (Wildman–Crippen MR) is 61.4 cm³/mol. The molecule has 1 heterocycles. The Balaban J connectivity index is 1.88. The smallest absolute Gasteiger partial charge is 0.0679 e. The van der Waals surface area contributed by atoms with Crippen LogP contribution in [0.5, 0.6) is 0 Å². The van der Waals surface area contributed by atoms with Crippen LogP contribution in [0.4, 0.5) is 0 Å². The number of aryl methyl sites for hydroxylation is 1. The fourth-order valence-corrected chi connectivity index (χ4v) is 1.97. The number of halogens is 1. The highest BCUT2D eigenvalue weighted by Crippen LogP contribution is 2.30. The molecule has 0 saturated carbocycles. The zero-order chi connectivity index (χ0) is 10.0. The highest BCUT2D eigenvalue weighted by atomic mass is 79.9. The van der Waals surface area contributed by atoms with Gasteiger partial charge in [-0.15, -0.1) is 0 Å².